The van der Waals surface area contributed by atoms with Crippen LogP contribution in [0.15, 0.2) is 49.1 Å². The second kappa shape index (κ2) is 6.61. The van der Waals surface area contributed by atoms with E-state index in [1.165, 1.54) is 0 Å². The summed E-state index contributed by atoms with van der Waals surface area (Å²) in [5, 5.41) is 2.06. The lowest BCUT2D eigenvalue weighted by atomic mass is 10.1. The van der Waals surface area contributed by atoms with Crippen LogP contribution in [-0.2, 0) is 9.53 Å². The summed E-state index contributed by atoms with van der Waals surface area (Å²) in [4.78, 5) is 10.9. The third kappa shape index (κ3) is 3.29. The molecule has 2 rings (SSSR count). The van der Waals surface area contributed by atoms with Gasteiger partial charge < -0.3 is 14.2 Å². The molecule has 0 fully saturated rings. The van der Waals surface area contributed by atoms with E-state index < -0.39 is 5.97 Å². The Kier molecular flexibility index (Phi) is 4.60. The normalized spacial score (nSPS) is 10.1. The summed E-state index contributed by atoms with van der Waals surface area (Å²) in [7, 11) is 1.65. The Balaban J connectivity index is 2.01. The molecular formula is C16H16O4. The van der Waals surface area contributed by atoms with Gasteiger partial charge in [0.2, 0.25) is 0 Å². The Bertz CT molecular complexity index is 619. The molecule has 0 aliphatic carbocycles. The van der Waals surface area contributed by atoms with Crippen LogP contribution in [0.1, 0.15) is 0 Å². The second-order valence-electron chi connectivity index (χ2n) is 4.06. The Morgan fingerprint density at radius 3 is 2.85 bits per heavy atom. The molecule has 0 unspecified atom stereocenters. The summed E-state index contributed by atoms with van der Waals surface area (Å²) < 4.78 is 15.7. The Labute approximate surface area is 117 Å². The quantitative estimate of drug-likeness (QED) is 0.461. The van der Waals surface area contributed by atoms with E-state index in [1.807, 2.05) is 36.4 Å². The predicted molar refractivity (Wildman–Crippen MR) is 77.2 cm³/mol. The molecule has 0 atom stereocenters. The van der Waals surface area contributed by atoms with Crippen molar-refractivity contribution >= 4 is 16.7 Å². The van der Waals surface area contributed by atoms with E-state index in [-0.39, 0.29) is 6.61 Å². The number of methoxy groups -OCH3 is 1. The molecule has 2 aromatic rings. The van der Waals surface area contributed by atoms with Gasteiger partial charge in [-0.2, -0.15) is 0 Å². The number of ether oxygens (including phenoxy) is 3. The van der Waals surface area contributed by atoms with E-state index in [9.17, 15) is 4.79 Å². The molecule has 0 radical (unpaired) electrons. The zero-order chi connectivity index (χ0) is 14.4. The maximum absolute atomic E-state index is 10.9. The number of hydrogen-bond donors (Lipinski definition) is 0. The molecule has 0 heterocycles. The summed E-state index contributed by atoms with van der Waals surface area (Å²) in [5.74, 6) is 1.10. The average molecular weight is 272 g/mol. The number of rotatable bonds is 6. The molecule has 0 bridgehead atoms. The first kappa shape index (κ1) is 13.9. The fourth-order valence-corrected chi connectivity index (χ4v) is 1.86. The van der Waals surface area contributed by atoms with Crippen LogP contribution in [0.5, 0.6) is 11.5 Å². The van der Waals surface area contributed by atoms with Gasteiger partial charge in [0.1, 0.15) is 24.7 Å². The number of hydrogen-bond acceptors (Lipinski definition) is 4. The largest absolute Gasteiger partial charge is 0.496 e. The SMILES string of the molecule is C=CC(=O)OCCOc1ccc2c(OC)cccc2c1. The van der Waals surface area contributed by atoms with Crippen LogP contribution >= 0.6 is 0 Å². The lowest BCUT2D eigenvalue weighted by Crippen LogP contribution is -2.10. The van der Waals surface area contributed by atoms with E-state index in [2.05, 4.69) is 6.58 Å². The number of carbonyl (C=O) groups excluding carboxylic acids is 1. The molecule has 0 aliphatic rings. The molecule has 0 saturated heterocycles. The van der Waals surface area contributed by atoms with Crippen LogP contribution < -0.4 is 9.47 Å². The molecule has 0 N–H and O–H groups in total. The van der Waals surface area contributed by atoms with Gasteiger partial charge in [-0.25, -0.2) is 4.79 Å². The zero-order valence-corrected chi connectivity index (χ0v) is 11.3. The van der Waals surface area contributed by atoms with Crippen molar-refractivity contribution in [3.05, 3.63) is 49.1 Å². The number of carbonyl (C=O) groups is 1. The minimum atomic E-state index is -0.447. The summed E-state index contributed by atoms with van der Waals surface area (Å²) in [6, 6.07) is 11.6. The molecule has 20 heavy (non-hydrogen) atoms. The molecule has 0 aromatic heterocycles. The van der Waals surface area contributed by atoms with E-state index in [1.54, 1.807) is 7.11 Å². The molecule has 4 heteroatoms. The van der Waals surface area contributed by atoms with Crippen LogP contribution in [0, 0.1) is 0 Å². The number of esters is 1. The third-order valence-corrected chi connectivity index (χ3v) is 2.79. The smallest absolute Gasteiger partial charge is 0.330 e. The molecule has 4 nitrogen and oxygen atoms in total. The monoisotopic (exact) mass is 272 g/mol. The number of fused-ring (bicyclic) bond motifs is 1. The first-order chi connectivity index (χ1) is 9.74. The van der Waals surface area contributed by atoms with Crippen LogP contribution in [0.25, 0.3) is 10.8 Å². The average Bonchev–Trinajstić information content (AvgIpc) is 2.50. The highest BCUT2D eigenvalue weighted by molar-refractivity contribution is 5.89. The standard InChI is InChI=1S/C16H16O4/c1-3-16(17)20-10-9-19-13-7-8-14-12(11-13)5-4-6-15(14)18-2/h3-8,11H,1,9-10H2,2H3. The van der Waals surface area contributed by atoms with Crippen LogP contribution in [0.4, 0.5) is 0 Å². The minimum absolute atomic E-state index is 0.195. The highest BCUT2D eigenvalue weighted by Gasteiger charge is 2.03. The Morgan fingerprint density at radius 1 is 1.25 bits per heavy atom. The van der Waals surface area contributed by atoms with Gasteiger partial charge >= 0.3 is 5.97 Å². The van der Waals surface area contributed by atoms with Gasteiger partial charge in [0.05, 0.1) is 7.11 Å². The summed E-state index contributed by atoms with van der Waals surface area (Å²) in [6.07, 6.45) is 1.13. The van der Waals surface area contributed by atoms with Gasteiger partial charge in [0.15, 0.2) is 0 Å². The highest BCUT2D eigenvalue weighted by atomic mass is 16.6. The Morgan fingerprint density at radius 2 is 2.10 bits per heavy atom. The summed E-state index contributed by atoms with van der Waals surface area (Å²) in [6.45, 7) is 3.82. The molecule has 0 spiro atoms. The van der Waals surface area contributed by atoms with Gasteiger partial charge in [0.25, 0.3) is 0 Å². The van der Waals surface area contributed by atoms with Gasteiger partial charge in [-0.05, 0) is 29.7 Å². The second-order valence-corrected chi connectivity index (χ2v) is 4.06. The van der Waals surface area contributed by atoms with Crippen molar-refractivity contribution < 1.29 is 19.0 Å². The summed E-state index contributed by atoms with van der Waals surface area (Å²) in [5.41, 5.74) is 0. The summed E-state index contributed by atoms with van der Waals surface area (Å²) >= 11 is 0. The van der Waals surface area contributed by atoms with E-state index in [4.69, 9.17) is 14.2 Å². The van der Waals surface area contributed by atoms with Gasteiger partial charge in [0, 0.05) is 11.5 Å². The topological polar surface area (TPSA) is 44.8 Å². The fourth-order valence-electron chi connectivity index (χ4n) is 1.86. The maximum Gasteiger partial charge on any atom is 0.330 e. The molecule has 2 aromatic carbocycles. The van der Waals surface area contributed by atoms with E-state index in [0.717, 1.165) is 28.3 Å². The third-order valence-electron chi connectivity index (χ3n) is 2.79. The van der Waals surface area contributed by atoms with Crippen molar-refractivity contribution in [1.82, 2.24) is 0 Å². The van der Waals surface area contributed by atoms with Crippen molar-refractivity contribution in [2.45, 2.75) is 0 Å². The van der Waals surface area contributed by atoms with Crippen molar-refractivity contribution in [3.8, 4) is 11.5 Å². The highest BCUT2D eigenvalue weighted by Crippen LogP contribution is 2.28. The Hall–Kier alpha value is -2.49. The first-order valence-electron chi connectivity index (χ1n) is 6.23. The van der Waals surface area contributed by atoms with Crippen LogP contribution in [0.3, 0.4) is 0 Å². The minimum Gasteiger partial charge on any atom is -0.496 e. The maximum atomic E-state index is 10.9. The zero-order valence-electron chi connectivity index (χ0n) is 11.3. The molecule has 0 amide bonds. The lowest BCUT2D eigenvalue weighted by Gasteiger charge is -2.09. The lowest BCUT2D eigenvalue weighted by molar-refractivity contribution is -0.138. The molecule has 0 saturated carbocycles. The fraction of sp³-hybridized carbons (Fsp3) is 0.188. The molecule has 104 valence electrons. The van der Waals surface area contributed by atoms with E-state index in [0.29, 0.717) is 6.61 Å². The predicted octanol–water partition coefficient (Wildman–Crippen LogP) is 2.96. The van der Waals surface area contributed by atoms with Crippen molar-refractivity contribution in [2.24, 2.45) is 0 Å². The van der Waals surface area contributed by atoms with Crippen LogP contribution in [0.2, 0.25) is 0 Å². The van der Waals surface area contributed by atoms with Crippen molar-refractivity contribution in [2.75, 3.05) is 20.3 Å². The molecule has 0 aliphatic heterocycles. The van der Waals surface area contributed by atoms with Crippen LogP contribution in [-0.4, -0.2) is 26.3 Å². The van der Waals surface area contributed by atoms with Crippen molar-refractivity contribution in [3.63, 3.8) is 0 Å². The van der Waals surface area contributed by atoms with E-state index >= 15 is 0 Å². The number of benzene rings is 2. The van der Waals surface area contributed by atoms with Gasteiger partial charge in [-0.15, -0.1) is 0 Å². The van der Waals surface area contributed by atoms with Crippen molar-refractivity contribution in [1.29, 1.82) is 0 Å². The van der Waals surface area contributed by atoms with Gasteiger partial charge in [-0.3, -0.25) is 0 Å². The molecular weight excluding hydrogens is 256 g/mol. The van der Waals surface area contributed by atoms with Gasteiger partial charge in [-0.1, -0.05) is 18.7 Å². The first-order valence-corrected chi connectivity index (χ1v) is 6.23.